The standard InChI is InChI=1S/C16H20ClNO3/c1-2-11-18(12-15(19)9-6-10-17)16(20)21-13-14-7-4-3-5-8-14/h2-5,7-8H,1,6,9-13H2. The summed E-state index contributed by atoms with van der Waals surface area (Å²) in [7, 11) is 0. The zero-order chi connectivity index (χ0) is 15.5. The average molecular weight is 310 g/mol. The Bertz CT molecular complexity index is 462. The Morgan fingerprint density at radius 1 is 1.29 bits per heavy atom. The first-order valence-corrected chi connectivity index (χ1v) is 7.35. The lowest BCUT2D eigenvalue weighted by Gasteiger charge is -2.19. The van der Waals surface area contributed by atoms with Crippen LogP contribution in [0, 0.1) is 0 Å². The van der Waals surface area contributed by atoms with Crippen molar-refractivity contribution < 1.29 is 14.3 Å². The van der Waals surface area contributed by atoms with Crippen molar-refractivity contribution >= 4 is 23.5 Å². The van der Waals surface area contributed by atoms with Crippen LogP contribution in [0.2, 0.25) is 0 Å². The second-order valence-electron chi connectivity index (χ2n) is 4.54. The van der Waals surface area contributed by atoms with E-state index in [1.165, 1.54) is 4.90 Å². The molecule has 1 amide bonds. The Balaban J connectivity index is 2.48. The summed E-state index contributed by atoms with van der Waals surface area (Å²) in [5.41, 5.74) is 0.901. The number of amides is 1. The van der Waals surface area contributed by atoms with Gasteiger partial charge in [0.15, 0.2) is 5.78 Å². The predicted octanol–water partition coefficient (Wildman–Crippen LogP) is 3.40. The molecular weight excluding hydrogens is 290 g/mol. The number of carbonyl (C=O) groups excluding carboxylic acids is 2. The van der Waals surface area contributed by atoms with Gasteiger partial charge < -0.3 is 4.74 Å². The highest BCUT2D eigenvalue weighted by atomic mass is 35.5. The van der Waals surface area contributed by atoms with E-state index in [4.69, 9.17) is 16.3 Å². The normalized spacial score (nSPS) is 9.95. The lowest BCUT2D eigenvalue weighted by atomic mass is 10.2. The molecule has 0 aliphatic heterocycles. The SMILES string of the molecule is C=CCN(CC(=O)CCCCl)C(=O)OCc1ccccc1. The number of alkyl halides is 1. The summed E-state index contributed by atoms with van der Waals surface area (Å²) in [6.45, 7) is 4.07. The molecule has 0 spiro atoms. The van der Waals surface area contributed by atoms with Crippen molar-refractivity contribution in [2.24, 2.45) is 0 Å². The lowest BCUT2D eigenvalue weighted by Crippen LogP contribution is -2.36. The molecule has 4 nitrogen and oxygen atoms in total. The molecule has 5 heteroatoms. The molecule has 0 saturated heterocycles. The van der Waals surface area contributed by atoms with E-state index in [0.29, 0.717) is 18.7 Å². The van der Waals surface area contributed by atoms with Gasteiger partial charge in [0.25, 0.3) is 0 Å². The number of benzene rings is 1. The van der Waals surface area contributed by atoms with Crippen molar-refractivity contribution in [3.63, 3.8) is 0 Å². The first-order chi connectivity index (χ1) is 10.2. The van der Waals surface area contributed by atoms with E-state index in [2.05, 4.69) is 6.58 Å². The molecule has 0 unspecified atom stereocenters. The Kier molecular flexibility index (Phi) is 8.21. The molecule has 0 aromatic heterocycles. The molecule has 114 valence electrons. The van der Waals surface area contributed by atoms with Gasteiger partial charge in [-0.3, -0.25) is 9.69 Å². The highest BCUT2D eigenvalue weighted by Crippen LogP contribution is 2.04. The van der Waals surface area contributed by atoms with Gasteiger partial charge >= 0.3 is 6.09 Å². The van der Waals surface area contributed by atoms with Crippen molar-refractivity contribution in [2.45, 2.75) is 19.4 Å². The smallest absolute Gasteiger partial charge is 0.410 e. The number of Topliss-reactive ketones (excluding diaryl/α,β-unsaturated/α-hetero) is 1. The van der Waals surface area contributed by atoms with Crippen LogP contribution in [-0.4, -0.2) is 35.7 Å². The monoisotopic (exact) mass is 309 g/mol. The van der Waals surface area contributed by atoms with Gasteiger partial charge in [0, 0.05) is 18.8 Å². The molecule has 21 heavy (non-hydrogen) atoms. The molecule has 0 N–H and O–H groups in total. The highest BCUT2D eigenvalue weighted by Gasteiger charge is 2.17. The molecule has 0 saturated carbocycles. The fourth-order valence-corrected chi connectivity index (χ4v) is 1.86. The zero-order valence-electron chi connectivity index (χ0n) is 12.0. The minimum absolute atomic E-state index is 0.0243. The van der Waals surface area contributed by atoms with E-state index < -0.39 is 6.09 Å². The second kappa shape index (κ2) is 10.00. The largest absolute Gasteiger partial charge is 0.445 e. The number of rotatable bonds is 9. The van der Waals surface area contributed by atoms with Gasteiger partial charge in [-0.15, -0.1) is 18.2 Å². The van der Waals surface area contributed by atoms with Crippen LogP contribution >= 0.6 is 11.6 Å². The summed E-state index contributed by atoms with van der Waals surface area (Å²) in [5, 5.41) is 0. The summed E-state index contributed by atoms with van der Waals surface area (Å²) in [6, 6.07) is 9.39. The van der Waals surface area contributed by atoms with Crippen molar-refractivity contribution in [3.05, 3.63) is 48.6 Å². The van der Waals surface area contributed by atoms with Crippen LogP contribution in [0.25, 0.3) is 0 Å². The first-order valence-electron chi connectivity index (χ1n) is 6.81. The van der Waals surface area contributed by atoms with Gasteiger partial charge in [-0.25, -0.2) is 4.79 Å². The average Bonchev–Trinajstić information content (AvgIpc) is 2.51. The van der Waals surface area contributed by atoms with Crippen LogP contribution in [0.4, 0.5) is 4.79 Å². The number of hydrogen-bond donors (Lipinski definition) is 0. The van der Waals surface area contributed by atoms with E-state index in [0.717, 1.165) is 5.56 Å². The number of ether oxygens (including phenoxy) is 1. The molecule has 1 aromatic carbocycles. The van der Waals surface area contributed by atoms with Gasteiger partial charge in [0.2, 0.25) is 0 Å². The Labute approximate surface area is 130 Å². The van der Waals surface area contributed by atoms with E-state index >= 15 is 0 Å². The Morgan fingerprint density at radius 3 is 2.62 bits per heavy atom. The first kappa shape index (κ1) is 17.2. The second-order valence-corrected chi connectivity index (χ2v) is 4.92. The van der Waals surface area contributed by atoms with Crippen molar-refractivity contribution in [1.82, 2.24) is 4.90 Å². The summed E-state index contributed by atoms with van der Waals surface area (Å²) >= 11 is 5.55. The fraction of sp³-hybridized carbons (Fsp3) is 0.375. The zero-order valence-corrected chi connectivity index (χ0v) is 12.7. The number of halogens is 1. The quantitative estimate of drug-likeness (QED) is 0.519. The van der Waals surface area contributed by atoms with E-state index in [-0.39, 0.29) is 25.5 Å². The number of nitrogens with zero attached hydrogens (tertiary/aromatic N) is 1. The molecule has 0 bridgehead atoms. The third-order valence-corrected chi connectivity index (χ3v) is 3.04. The maximum Gasteiger partial charge on any atom is 0.410 e. The van der Waals surface area contributed by atoms with Crippen LogP contribution in [0.15, 0.2) is 43.0 Å². The Morgan fingerprint density at radius 2 is 2.00 bits per heavy atom. The van der Waals surface area contributed by atoms with Gasteiger partial charge in [0.1, 0.15) is 6.61 Å². The highest BCUT2D eigenvalue weighted by molar-refractivity contribution is 6.17. The van der Waals surface area contributed by atoms with Crippen LogP contribution in [-0.2, 0) is 16.1 Å². The van der Waals surface area contributed by atoms with Gasteiger partial charge in [-0.05, 0) is 12.0 Å². The summed E-state index contributed by atoms with van der Waals surface area (Å²) < 4.78 is 5.21. The van der Waals surface area contributed by atoms with E-state index in [9.17, 15) is 9.59 Å². The summed E-state index contributed by atoms with van der Waals surface area (Å²) in [4.78, 5) is 25.1. The third kappa shape index (κ3) is 6.95. The van der Waals surface area contributed by atoms with Crippen molar-refractivity contribution in [3.8, 4) is 0 Å². The van der Waals surface area contributed by atoms with Crippen molar-refractivity contribution in [1.29, 1.82) is 0 Å². The minimum Gasteiger partial charge on any atom is -0.445 e. The number of ketones is 1. The van der Waals surface area contributed by atoms with Gasteiger partial charge in [0.05, 0.1) is 6.54 Å². The molecule has 1 aromatic rings. The van der Waals surface area contributed by atoms with Gasteiger partial charge in [-0.1, -0.05) is 36.4 Å². The third-order valence-electron chi connectivity index (χ3n) is 2.77. The topological polar surface area (TPSA) is 46.6 Å². The predicted molar refractivity (Wildman–Crippen MR) is 83.4 cm³/mol. The summed E-state index contributed by atoms with van der Waals surface area (Å²) in [6.07, 6.45) is 2.03. The van der Waals surface area contributed by atoms with Gasteiger partial charge in [-0.2, -0.15) is 0 Å². The van der Waals surface area contributed by atoms with Crippen LogP contribution < -0.4 is 0 Å². The Hall–Kier alpha value is -1.81. The molecule has 0 aliphatic rings. The maximum atomic E-state index is 12.0. The maximum absolute atomic E-state index is 12.0. The summed E-state index contributed by atoms with van der Waals surface area (Å²) in [5.74, 6) is 0.403. The molecule has 0 fully saturated rings. The molecule has 1 rings (SSSR count). The fourth-order valence-electron chi connectivity index (χ4n) is 1.73. The minimum atomic E-state index is -0.516. The molecular formula is C16H20ClNO3. The molecule has 0 aliphatic carbocycles. The number of carbonyl (C=O) groups is 2. The molecule has 0 atom stereocenters. The van der Waals surface area contributed by atoms with Crippen LogP contribution in [0.1, 0.15) is 18.4 Å². The van der Waals surface area contributed by atoms with E-state index in [1.807, 2.05) is 30.3 Å². The lowest BCUT2D eigenvalue weighted by molar-refractivity contribution is -0.119. The molecule has 0 radical (unpaired) electrons. The van der Waals surface area contributed by atoms with Crippen LogP contribution in [0.3, 0.4) is 0 Å². The van der Waals surface area contributed by atoms with E-state index in [1.54, 1.807) is 6.08 Å². The van der Waals surface area contributed by atoms with Crippen molar-refractivity contribution in [2.75, 3.05) is 19.0 Å². The molecule has 0 heterocycles. The number of hydrogen-bond acceptors (Lipinski definition) is 3. The van der Waals surface area contributed by atoms with Crippen LogP contribution in [0.5, 0.6) is 0 Å².